The zero-order chi connectivity index (χ0) is 22.5. The fourth-order valence-electron chi connectivity index (χ4n) is 2.91. The molecule has 2 heterocycles. The molecule has 5 nitrogen and oxygen atoms in total. The Balaban J connectivity index is 1.44. The Bertz CT molecular complexity index is 1320. The van der Waals surface area contributed by atoms with E-state index >= 15 is 0 Å². The first-order valence-corrected chi connectivity index (χ1v) is 11.5. The van der Waals surface area contributed by atoms with E-state index in [2.05, 4.69) is 26.2 Å². The molecule has 0 aliphatic rings. The second-order valence-electron chi connectivity index (χ2n) is 6.77. The van der Waals surface area contributed by atoms with Crippen molar-refractivity contribution in [2.45, 2.75) is 6.42 Å². The molecule has 0 fully saturated rings. The second kappa shape index (κ2) is 9.96. The summed E-state index contributed by atoms with van der Waals surface area (Å²) in [5, 5.41) is 13.2. The molecule has 0 saturated carbocycles. The summed E-state index contributed by atoms with van der Waals surface area (Å²) in [5.74, 6) is 0.473. The summed E-state index contributed by atoms with van der Waals surface area (Å²) in [6.07, 6.45) is 3.84. The lowest BCUT2D eigenvalue weighted by Gasteiger charge is -2.00. The van der Waals surface area contributed by atoms with Crippen molar-refractivity contribution in [3.05, 3.63) is 98.1 Å². The molecule has 0 aliphatic heterocycles. The topological polar surface area (TPSA) is 78.9 Å². The van der Waals surface area contributed by atoms with Crippen molar-refractivity contribution in [2.24, 2.45) is 0 Å². The van der Waals surface area contributed by atoms with Crippen LogP contribution >= 0.6 is 38.9 Å². The van der Waals surface area contributed by atoms with Gasteiger partial charge < -0.3 is 4.42 Å². The Morgan fingerprint density at radius 2 is 1.91 bits per heavy atom. The number of anilines is 1. The number of rotatable bonds is 6. The van der Waals surface area contributed by atoms with Crippen molar-refractivity contribution >= 4 is 56.0 Å². The van der Waals surface area contributed by atoms with Gasteiger partial charge in [-0.1, -0.05) is 39.7 Å². The van der Waals surface area contributed by atoms with E-state index in [4.69, 9.17) is 16.0 Å². The SMILES string of the molecule is N#C/C(=C\c1ccc(-c2ccc(Cl)cc2)o1)C(=O)Nc1ncc(Cc2ccc(Br)cc2)s1. The zero-order valence-electron chi connectivity index (χ0n) is 16.5. The number of aromatic nitrogens is 1. The summed E-state index contributed by atoms with van der Waals surface area (Å²) in [7, 11) is 0. The van der Waals surface area contributed by atoms with Crippen LogP contribution in [0.15, 0.2) is 81.3 Å². The molecule has 0 saturated heterocycles. The summed E-state index contributed by atoms with van der Waals surface area (Å²) < 4.78 is 6.77. The maximum Gasteiger partial charge on any atom is 0.268 e. The molecule has 8 heteroatoms. The van der Waals surface area contributed by atoms with E-state index in [1.54, 1.807) is 30.5 Å². The van der Waals surface area contributed by atoms with Gasteiger partial charge in [-0.2, -0.15) is 5.26 Å². The highest BCUT2D eigenvalue weighted by Gasteiger charge is 2.14. The van der Waals surface area contributed by atoms with E-state index in [-0.39, 0.29) is 5.57 Å². The molecule has 0 bridgehead atoms. The molecule has 0 atom stereocenters. The minimum Gasteiger partial charge on any atom is -0.457 e. The summed E-state index contributed by atoms with van der Waals surface area (Å²) in [6.45, 7) is 0. The van der Waals surface area contributed by atoms with Gasteiger partial charge >= 0.3 is 0 Å². The van der Waals surface area contributed by atoms with E-state index in [1.165, 1.54) is 17.4 Å². The minimum atomic E-state index is -0.540. The van der Waals surface area contributed by atoms with Crippen molar-refractivity contribution in [3.63, 3.8) is 0 Å². The Kier molecular flexibility index (Phi) is 6.86. The third kappa shape index (κ3) is 5.54. The van der Waals surface area contributed by atoms with Gasteiger partial charge in [-0.25, -0.2) is 4.98 Å². The highest BCUT2D eigenvalue weighted by Crippen LogP contribution is 2.26. The molecule has 1 N–H and O–H groups in total. The van der Waals surface area contributed by atoms with Gasteiger partial charge in [0.2, 0.25) is 0 Å². The number of amides is 1. The standard InChI is InChI=1S/C24H15BrClN3O2S/c25-18-5-1-15(2-6-18)11-21-14-28-24(32-21)29-23(30)17(13-27)12-20-9-10-22(31-20)16-3-7-19(26)8-4-16/h1-10,12,14H,11H2,(H,28,29,30)/b17-12+. The quantitative estimate of drug-likeness (QED) is 0.218. The Hall–Kier alpha value is -3.18. The van der Waals surface area contributed by atoms with E-state index in [9.17, 15) is 10.1 Å². The normalized spacial score (nSPS) is 11.2. The summed E-state index contributed by atoms with van der Waals surface area (Å²) in [6, 6.07) is 20.6. The molecule has 0 aliphatic carbocycles. The molecule has 2 aromatic carbocycles. The van der Waals surface area contributed by atoms with E-state index in [0.717, 1.165) is 20.5 Å². The predicted octanol–water partition coefficient (Wildman–Crippen LogP) is 6.96. The number of furan rings is 1. The van der Waals surface area contributed by atoms with Crippen LogP contribution in [-0.4, -0.2) is 10.9 Å². The molecular weight excluding hydrogens is 510 g/mol. The number of thiazole rings is 1. The van der Waals surface area contributed by atoms with Gasteiger partial charge in [0.15, 0.2) is 5.13 Å². The van der Waals surface area contributed by atoms with Crippen LogP contribution in [0.3, 0.4) is 0 Å². The zero-order valence-corrected chi connectivity index (χ0v) is 19.7. The highest BCUT2D eigenvalue weighted by atomic mass is 79.9. The fourth-order valence-corrected chi connectivity index (χ4v) is 4.14. The molecule has 4 aromatic rings. The van der Waals surface area contributed by atoms with Crippen LogP contribution in [0.2, 0.25) is 5.02 Å². The lowest BCUT2D eigenvalue weighted by Crippen LogP contribution is -2.13. The predicted molar refractivity (Wildman–Crippen MR) is 130 cm³/mol. The molecule has 1 amide bonds. The number of hydrogen-bond acceptors (Lipinski definition) is 5. The smallest absolute Gasteiger partial charge is 0.268 e. The molecule has 0 radical (unpaired) electrons. The Morgan fingerprint density at radius 3 is 2.62 bits per heavy atom. The first-order valence-electron chi connectivity index (χ1n) is 9.48. The summed E-state index contributed by atoms with van der Waals surface area (Å²) in [5.41, 5.74) is 1.91. The third-order valence-electron chi connectivity index (χ3n) is 4.47. The van der Waals surface area contributed by atoms with Crippen LogP contribution in [0.5, 0.6) is 0 Å². The maximum atomic E-state index is 12.6. The van der Waals surface area contributed by atoms with E-state index in [1.807, 2.05) is 42.5 Å². The number of nitriles is 1. The van der Waals surface area contributed by atoms with Crippen molar-refractivity contribution in [1.29, 1.82) is 5.26 Å². The van der Waals surface area contributed by atoms with E-state index in [0.29, 0.717) is 28.1 Å². The molecule has 158 valence electrons. The lowest BCUT2D eigenvalue weighted by atomic mass is 10.1. The molecule has 2 aromatic heterocycles. The molecule has 0 spiro atoms. The summed E-state index contributed by atoms with van der Waals surface area (Å²) >= 11 is 10.7. The first kappa shape index (κ1) is 22.0. The summed E-state index contributed by atoms with van der Waals surface area (Å²) in [4.78, 5) is 17.8. The number of nitrogens with one attached hydrogen (secondary N) is 1. The van der Waals surface area contributed by atoms with Crippen molar-refractivity contribution in [1.82, 2.24) is 4.98 Å². The number of benzene rings is 2. The van der Waals surface area contributed by atoms with E-state index < -0.39 is 5.91 Å². The first-order chi connectivity index (χ1) is 15.5. The number of nitrogens with zero attached hydrogens (tertiary/aromatic N) is 2. The molecule has 4 rings (SSSR count). The molecule has 0 unspecified atom stereocenters. The second-order valence-corrected chi connectivity index (χ2v) is 9.24. The van der Waals surface area contributed by atoms with Gasteiger partial charge in [-0.3, -0.25) is 10.1 Å². The Morgan fingerprint density at radius 1 is 1.16 bits per heavy atom. The van der Waals surface area contributed by atoms with Crippen LogP contribution in [0.25, 0.3) is 17.4 Å². The average molecular weight is 525 g/mol. The number of carbonyl (C=O) groups excluding carboxylic acids is 1. The van der Waals surface area contributed by atoms with Crippen molar-refractivity contribution in [2.75, 3.05) is 5.32 Å². The maximum absolute atomic E-state index is 12.6. The molecular formula is C24H15BrClN3O2S. The highest BCUT2D eigenvalue weighted by molar-refractivity contribution is 9.10. The minimum absolute atomic E-state index is 0.0772. The van der Waals surface area contributed by atoms with Gasteiger partial charge in [0.25, 0.3) is 5.91 Å². The van der Waals surface area contributed by atoms with Gasteiger partial charge in [-0.05, 0) is 54.1 Å². The monoisotopic (exact) mass is 523 g/mol. The number of carbonyl (C=O) groups is 1. The fraction of sp³-hybridized carbons (Fsp3) is 0.0417. The lowest BCUT2D eigenvalue weighted by molar-refractivity contribution is -0.112. The van der Waals surface area contributed by atoms with Crippen LogP contribution in [0, 0.1) is 11.3 Å². The van der Waals surface area contributed by atoms with Crippen molar-refractivity contribution in [3.8, 4) is 17.4 Å². The van der Waals surface area contributed by atoms with Gasteiger partial charge in [-0.15, -0.1) is 11.3 Å². The van der Waals surface area contributed by atoms with Gasteiger partial charge in [0.05, 0.1) is 0 Å². The van der Waals surface area contributed by atoms with Crippen LogP contribution in [0.4, 0.5) is 5.13 Å². The molecule has 32 heavy (non-hydrogen) atoms. The van der Waals surface area contributed by atoms with Gasteiger partial charge in [0, 0.05) is 38.6 Å². The third-order valence-corrected chi connectivity index (χ3v) is 6.17. The Labute approximate surface area is 202 Å². The number of hydrogen-bond donors (Lipinski definition) is 1. The van der Waals surface area contributed by atoms with Crippen molar-refractivity contribution < 1.29 is 9.21 Å². The largest absolute Gasteiger partial charge is 0.457 e. The van der Waals surface area contributed by atoms with Crippen LogP contribution in [-0.2, 0) is 11.2 Å². The number of halogens is 2. The van der Waals surface area contributed by atoms with Crippen LogP contribution in [0.1, 0.15) is 16.2 Å². The van der Waals surface area contributed by atoms with Crippen LogP contribution < -0.4 is 5.32 Å². The van der Waals surface area contributed by atoms with Gasteiger partial charge in [0.1, 0.15) is 23.2 Å². The average Bonchev–Trinajstić information content (AvgIpc) is 3.43.